The van der Waals surface area contributed by atoms with Crippen LogP contribution in [0.3, 0.4) is 0 Å². The average molecular weight is 224 g/mol. The van der Waals surface area contributed by atoms with Crippen molar-refractivity contribution in [1.82, 2.24) is 0 Å². The summed E-state index contributed by atoms with van der Waals surface area (Å²) in [6, 6.07) is 10.4. The monoisotopic (exact) mass is 224 g/mol. The lowest BCUT2D eigenvalue weighted by Gasteiger charge is -2.29. The van der Waals surface area contributed by atoms with Crippen LogP contribution >= 0.6 is 11.8 Å². The molecule has 0 bridgehead atoms. The summed E-state index contributed by atoms with van der Waals surface area (Å²) < 4.78 is 0. The van der Waals surface area contributed by atoms with Crippen molar-refractivity contribution < 1.29 is 5.11 Å². The zero-order valence-corrected chi connectivity index (χ0v) is 10.6. The Balaban J connectivity index is 2.67. The summed E-state index contributed by atoms with van der Waals surface area (Å²) in [5, 5.41) is 9.53. The molecule has 84 valence electrons. The maximum absolute atomic E-state index is 9.06. The smallest absolute Gasteiger partial charge is 0.0441 e. The SMILES string of the molecule is CC(C)(C)[C@@H](CCO)Sc1ccccc1. The molecule has 1 nitrogen and oxygen atoms in total. The highest BCUT2D eigenvalue weighted by Gasteiger charge is 2.24. The molecule has 0 amide bonds. The van der Waals surface area contributed by atoms with Crippen LogP contribution in [0.4, 0.5) is 0 Å². The van der Waals surface area contributed by atoms with Gasteiger partial charge in [-0.3, -0.25) is 0 Å². The van der Waals surface area contributed by atoms with E-state index in [9.17, 15) is 0 Å². The largest absolute Gasteiger partial charge is 0.396 e. The summed E-state index contributed by atoms with van der Waals surface area (Å²) in [6.07, 6.45) is 0.850. The van der Waals surface area contributed by atoms with E-state index in [2.05, 4.69) is 45.0 Å². The summed E-state index contributed by atoms with van der Waals surface area (Å²) in [5.41, 5.74) is 0.225. The Kier molecular flexibility index (Phi) is 4.68. The quantitative estimate of drug-likeness (QED) is 0.789. The number of thioether (sulfide) groups is 1. The number of aliphatic hydroxyl groups is 1. The molecule has 1 aromatic rings. The first-order valence-electron chi connectivity index (χ1n) is 5.36. The van der Waals surface area contributed by atoms with Crippen LogP contribution in [0.5, 0.6) is 0 Å². The van der Waals surface area contributed by atoms with E-state index in [1.54, 1.807) is 0 Å². The molecule has 0 saturated heterocycles. The van der Waals surface area contributed by atoms with Gasteiger partial charge in [0.25, 0.3) is 0 Å². The molecular weight excluding hydrogens is 204 g/mol. The second kappa shape index (κ2) is 5.57. The third-order valence-electron chi connectivity index (χ3n) is 2.38. The first-order valence-corrected chi connectivity index (χ1v) is 6.24. The molecule has 15 heavy (non-hydrogen) atoms. The average Bonchev–Trinajstić information content (AvgIpc) is 2.17. The van der Waals surface area contributed by atoms with Gasteiger partial charge in [0.05, 0.1) is 0 Å². The summed E-state index contributed by atoms with van der Waals surface area (Å²) >= 11 is 1.86. The highest BCUT2D eigenvalue weighted by Crippen LogP contribution is 2.36. The predicted octanol–water partition coefficient (Wildman–Crippen LogP) is 3.58. The molecule has 1 N–H and O–H groups in total. The van der Waals surface area contributed by atoms with Gasteiger partial charge in [0.15, 0.2) is 0 Å². The summed E-state index contributed by atoms with van der Waals surface area (Å²) in [6.45, 7) is 6.94. The fourth-order valence-electron chi connectivity index (χ4n) is 1.45. The van der Waals surface area contributed by atoms with E-state index in [1.807, 2.05) is 17.8 Å². The van der Waals surface area contributed by atoms with Crippen molar-refractivity contribution >= 4 is 11.8 Å². The van der Waals surface area contributed by atoms with Crippen molar-refractivity contribution in [3.05, 3.63) is 30.3 Å². The molecular formula is C13H20OS. The molecule has 0 aliphatic carbocycles. The second-order valence-electron chi connectivity index (χ2n) is 4.80. The Morgan fingerprint density at radius 2 is 1.80 bits per heavy atom. The van der Waals surface area contributed by atoms with Gasteiger partial charge < -0.3 is 5.11 Å². The molecule has 1 atom stereocenters. The lowest BCUT2D eigenvalue weighted by atomic mass is 9.90. The highest BCUT2D eigenvalue weighted by atomic mass is 32.2. The van der Waals surface area contributed by atoms with E-state index in [1.165, 1.54) is 4.90 Å². The van der Waals surface area contributed by atoms with Crippen molar-refractivity contribution in [3.8, 4) is 0 Å². The normalized spacial score (nSPS) is 13.9. The maximum atomic E-state index is 9.06. The summed E-state index contributed by atoms with van der Waals surface area (Å²) in [4.78, 5) is 1.28. The Morgan fingerprint density at radius 3 is 2.27 bits per heavy atom. The van der Waals surface area contributed by atoms with Crippen LogP contribution in [0.25, 0.3) is 0 Å². The Labute approximate surface area is 96.9 Å². The second-order valence-corrected chi connectivity index (χ2v) is 6.07. The van der Waals surface area contributed by atoms with E-state index < -0.39 is 0 Å². The van der Waals surface area contributed by atoms with Gasteiger partial charge in [0, 0.05) is 16.8 Å². The first kappa shape index (κ1) is 12.6. The minimum absolute atomic E-state index is 0.225. The van der Waals surface area contributed by atoms with E-state index in [0.717, 1.165) is 6.42 Å². The van der Waals surface area contributed by atoms with Crippen LogP contribution in [0.1, 0.15) is 27.2 Å². The molecule has 0 aromatic heterocycles. The summed E-state index contributed by atoms with van der Waals surface area (Å²) in [5.74, 6) is 0. The number of hydrogen-bond acceptors (Lipinski definition) is 2. The minimum Gasteiger partial charge on any atom is -0.396 e. The van der Waals surface area contributed by atoms with Crippen LogP contribution in [0.2, 0.25) is 0 Å². The third-order valence-corrected chi connectivity index (χ3v) is 4.15. The van der Waals surface area contributed by atoms with Crippen molar-refractivity contribution in [2.45, 2.75) is 37.3 Å². The third kappa shape index (κ3) is 4.27. The molecule has 0 heterocycles. The van der Waals surface area contributed by atoms with Gasteiger partial charge in [-0.1, -0.05) is 39.0 Å². The lowest BCUT2D eigenvalue weighted by molar-refractivity contribution is 0.258. The van der Waals surface area contributed by atoms with Gasteiger partial charge >= 0.3 is 0 Å². The van der Waals surface area contributed by atoms with Crippen molar-refractivity contribution in [3.63, 3.8) is 0 Å². The van der Waals surface area contributed by atoms with Crippen molar-refractivity contribution in [2.24, 2.45) is 5.41 Å². The summed E-state index contributed by atoms with van der Waals surface area (Å²) in [7, 11) is 0. The predicted molar refractivity (Wildman–Crippen MR) is 67.2 cm³/mol. The lowest BCUT2D eigenvalue weighted by Crippen LogP contribution is -2.24. The van der Waals surface area contributed by atoms with Crippen molar-refractivity contribution in [1.29, 1.82) is 0 Å². The van der Waals surface area contributed by atoms with Crippen LogP contribution in [0.15, 0.2) is 35.2 Å². The highest BCUT2D eigenvalue weighted by molar-refractivity contribution is 8.00. The molecule has 0 unspecified atom stereocenters. The van der Waals surface area contributed by atoms with Crippen LogP contribution in [0, 0.1) is 5.41 Å². The zero-order chi connectivity index (χ0) is 11.3. The molecule has 0 radical (unpaired) electrons. The molecule has 0 aliphatic heterocycles. The molecule has 0 saturated carbocycles. The number of benzene rings is 1. The minimum atomic E-state index is 0.225. The zero-order valence-electron chi connectivity index (χ0n) is 9.73. The van der Waals surface area contributed by atoms with E-state index in [0.29, 0.717) is 5.25 Å². The van der Waals surface area contributed by atoms with Crippen LogP contribution in [-0.2, 0) is 0 Å². The molecule has 0 spiro atoms. The van der Waals surface area contributed by atoms with Gasteiger partial charge in [-0.2, -0.15) is 0 Å². The molecule has 1 aromatic carbocycles. The molecule has 0 fully saturated rings. The fourth-order valence-corrected chi connectivity index (χ4v) is 2.67. The number of rotatable bonds is 4. The number of hydrogen-bond donors (Lipinski definition) is 1. The topological polar surface area (TPSA) is 20.2 Å². The van der Waals surface area contributed by atoms with E-state index in [4.69, 9.17) is 5.11 Å². The van der Waals surface area contributed by atoms with Crippen LogP contribution in [-0.4, -0.2) is 17.0 Å². The van der Waals surface area contributed by atoms with Gasteiger partial charge in [0.2, 0.25) is 0 Å². The fraction of sp³-hybridized carbons (Fsp3) is 0.538. The van der Waals surface area contributed by atoms with E-state index in [-0.39, 0.29) is 12.0 Å². The Bertz CT molecular complexity index is 276. The molecule has 0 aliphatic rings. The Morgan fingerprint density at radius 1 is 1.20 bits per heavy atom. The van der Waals surface area contributed by atoms with Gasteiger partial charge in [-0.15, -0.1) is 11.8 Å². The number of aliphatic hydroxyl groups excluding tert-OH is 1. The van der Waals surface area contributed by atoms with Gasteiger partial charge in [-0.05, 0) is 24.0 Å². The van der Waals surface area contributed by atoms with Gasteiger partial charge in [-0.25, -0.2) is 0 Å². The van der Waals surface area contributed by atoms with Crippen molar-refractivity contribution in [2.75, 3.05) is 6.61 Å². The first-order chi connectivity index (χ1) is 7.04. The Hall–Kier alpha value is -0.470. The maximum Gasteiger partial charge on any atom is 0.0441 e. The molecule has 2 heteroatoms. The standard InChI is InChI=1S/C13H20OS/c1-13(2,3)12(9-10-14)15-11-7-5-4-6-8-11/h4-8,12,14H,9-10H2,1-3H3/t12-/m1/s1. The molecule has 1 rings (SSSR count). The van der Waals surface area contributed by atoms with Crippen LogP contribution < -0.4 is 0 Å². The van der Waals surface area contributed by atoms with E-state index >= 15 is 0 Å². The van der Waals surface area contributed by atoms with Gasteiger partial charge in [0.1, 0.15) is 0 Å².